The van der Waals surface area contributed by atoms with E-state index < -0.39 is 0 Å². The van der Waals surface area contributed by atoms with Crippen LogP contribution in [-0.2, 0) is 5.41 Å². The highest BCUT2D eigenvalue weighted by molar-refractivity contribution is 6.07. The highest BCUT2D eigenvalue weighted by atomic mass is 16.5. The molecule has 0 radical (unpaired) electrons. The van der Waals surface area contributed by atoms with Crippen molar-refractivity contribution >= 4 is 11.9 Å². The zero-order valence-electron chi connectivity index (χ0n) is 19.5. The van der Waals surface area contributed by atoms with Gasteiger partial charge >= 0.3 is 0 Å². The number of phenols is 1. The minimum Gasteiger partial charge on any atom is -0.508 e. The topological polar surface area (TPSA) is 55.8 Å². The van der Waals surface area contributed by atoms with Gasteiger partial charge in [-0.1, -0.05) is 53.5 Å². The maximum atomic E-state index is 12.7. The van der Waals surface area contributed by atoms with E-state index in [1.165, 1.54) is 12.1 Å². The molecule has 168 valence electrons. The standard InChI is InChI=1S/C27H36O4/c1-6-8-16-30-23-18-21(12-15-24(29)20-10-13-22(28)14-11-20)26(27(3,4)5)25(19-23)31-17-9-7-2/h10-15,18-19,28H,6-9,16-17H2,1-5H3/b15-12+. The first-order valence-electron chi connectivity index (χ1n) is 11.2. The van der Waals surface area contributed by atoms with E-state index >= 15 is 0 Å². The average molecular weight is 425 g/mol. The van der Waals surface area contributed by atoms with Crippen molar-refractivity contribution in [1.29, 1.82) is 0 Å². The number of phenolic OH excluding ortho intramolecular Hbond substituents is 1. The molecule has 2 aromatic carbocycles. The van der Waals surface area contributed by atoms with Crippen molar-refractivity contribution in [3.05, 3.63) is 59.2 Å². The second-order valence-electron chi connectivity index (χ2n) is 8.78. The van der Waals surface area contributed by atoms with Gasteiger partial charge in [-0.2, -0.15) is 0 Å². The minimum absolute atomic E-state index is 0.120. The van der Waals surface area contributed by atoms with Crippen molar-refractivity contribution < 1.29 is 19.4 Å². The molecule has 1 N–H and O–H groups in total. The molecule has 2 rings (SSSR count). The van der Waals surface area contributed by atoms with Gasteiger partial charge in [0.1, 0.15) is 17.2 Å². The maximum Gasteiger partial charge on any atom is 0.185 e. The number of ether oxygens (including phenoxy) is 2. The fourth-order valence-electron chi connectivity index (χ4n) is 3.29. The Morgan fingerprint density at radius 3 is 2.16 bits per heavy atom. The van der Waals surface area contributed by atoms with Crippen LogP contribution in [-0.4, -0.2) is 24.1 Å². The zero-order chi connectivity index (χ0) is 22.9. The molecule has 0 bridgehead atoms. The lowest BCUT2D eigenvalue weighted by Crippen LogP contribution is -2.16. The molecule has 0 unspecified atom stereocenters. The van der Waals surface area contributed by atoms with Crippen LogP contribution in [0.25, 0.3) is 6.08 Å². The highest BCUT2D eigenvalue weighted by Gasteiger charge is 2.24. The van der Waals surface area contributed by atoms with Gasteiger partial charge in [0.15, 0.2) is 5.78 Å². The SMILES string of the molecule is CCCCOc1cc(/C=C/C(=O)c2ccc(O)cc2)c(C(C)(C)C)c(OCCCC)c1. The molecular weight excluding hydrogens is 388 g/mol. The van der Waals surface area contributed by atoms with Crippen molar-refractivity contribution in [3.8, 4) is 17.2 Å². The quantitative estimate of drug-likeness (QED) is 0.241. The molecule has 0 aliphatic rings. The van der Waals surface area contributed by atoms with E-state index in [-0.39, 0.29) is 16.9 Å². The Kier molecular flexibility index (Phi) is 9.17. The van der Waals surface area contributed by atoms with E-state index in [4.69, 9.17) is 9.47 Å². The number of ketones is 1. The number of carbonyl (C=O) groups is 1. The third kappa shape index (κ3) is 7.46. The van der Waals surface area contributed by atoms with Gasteiger partial charge in [-0.15, -0.1) is 0 Å². The van der Waals surface area contributed by atoms with Crippen LogP contribution >= 0.6 is 0 Å². The Morgan fingerprint density at radius 1 is 0.968 bits per heavy atom. The molecule has 4 nitrogen and oxygen atoms in total. The summed E-state index contributed by atoms with van der Waals surface area (Å²) in [6, 6.07) is 10.2. The molecule has 31 heavy (non-hydrogen) atoms. The first kappa shape index (κ1) is 24.5. The zero-order valence-corrected chi connectivity index (χ0v) is 19.5. The number of rotatable bonds is 11. The van der Waals surface area contributed by atoms with Gasteiger partial charge < -0.3 is 14.6 Å². The number of benzene rings is 2. The molecule has 0 saturated carbocycles. The van der Waals surface area contributed by atoms with E-state index in [2.05, 4.69) is 34.6 Å². The molecule has 0 heterocycles. The van der Waals surface area contributed by atoms with Crippen molar-refractivity contribution in [2.45, 2.75) is 65.7 Å². The molecule has 2 aromatic rings. The summed E-state index contributed by atoms with van der Waals surface area (Å²) in [7, 11) is 0. The van der Waals surface area contributed by atoms with Crippen LogP contribution in [0.5, 0.6) is 17.2 Å². The molecule has 0 saturated heterocycles. The second kappa shape index (κ2) is 11.6. The molecule has 4 heteroatoms. The Balaban J connectivity index is 2.44. The Labute approximate surface area is 186 Å². The number of hydrogen-bond donors (Lipinski definition) is 1. The van der Waals surface area contributed by atoms with Crippen molar-refractivity contribution in [2.75, 3.05) is 13.2 Å². The normalized spacial score (nSPS) is 11.6. The summed E-state index contributed by atoms with van der Waals surface area (Å²) in [5, 5.41) is 9.45. The Morgan fingerprint density at radius 2 is 1.58 bits per heavy atom. The predicted molar refractivity (Wildman–Crippen MR) is 127 cm³/mol. The van der Waals surface area contributed by atoms with Crippen LogP contribution < -0.4 is 9.47 Å². The molecular formula is C27H36O4. The lowest BCUT2D eigenvalue weighted by Gasteiger charge is -2.26. The first-order chi connectivity index (χ1) is 14.8. The lowest BCUT2D eigenvalue weighted by molar-refractivity contribution is 0.104. The highest BCUT2D eigenvalue weighted by Crippen LogP contribution is 2.38. The fraction of sp³-hybridized carbons (Fsp3) is 0.444. The summed E-state index contributed by atoms with van der Waals surface area (Å²) >= 11 is 0. The summed E-state index contributed by atoms with van der Waals surface area (Å²) in [6.07, 6.45) is 7.50. The van der Waals surface area contributed by atoms with Crippen LogP contribution in [0, 0.1) is 0 Å². The predicted octanol–water partition coefficient (Wildman–Crippen LogP) is 6.94. The minimum atomic E-state index is -0.176. The molecule has 0 fully saturated rings. The van der Waals surface area contributed by atoms with Gasteiger partial charge in [-0.3, -0.25) is 4.79 Å². The molecule has 0 aliphatic heterocycles. The molecule has 0 amide bonds. The van der Waals surface area contributed by atoms with E-state index in [1.54, 1.807) is 18.2 Å². The molecule has 0 spiro atoms. The number of aromatic hydroxyl groups is 1. The molecule has 0 aromatic heterocycles. The van der Waals surface area contributed by atoms with E-state index in [0.29, 0.717) is 18.8 Å². The van der Waals surface area contributed by atoms with Gasteiger partial charge in [-0.05, 0) is 60.2 Å². The summed E-state index contributed by atoms with van der Waals surface area (Å²) in [4.78, 5) is 12.7. The molecule has 0 aliphatic carbocycles. The monoisotopic (exact) mass is 424 g/mol. The van der Waals surface area contributed by atoms with Crippen LogP contribution in [0.15, 0.2) is 42.5 Å². The van der Waals surface area contributed by atoms with Gasteiger partial charge in [0.2, 0.25) is 0 Å². The van der Waals surface area contributed by atoms with Crippen LogP contribution in [0.4, 0.5) is 0 Å². The van der Waals surface area contributed by atoms with Gasteiger partial charge in [0.25, 0.3) is 0 Å². The van der Waals surface area contributed by atoms with Gasteiger partial charge in [0.05, 0.1) is 13.2 Å². The number of allylic oxidation sites excluding steroid dienone is 1. The largest absolute Gasteiger partial charge is 0.508 e. The smallest absolute Gasteiger partial charge is 0.185 e. The number of hydrogen-bond acceptors (Lipinski definition) is 4. The van der Waals surface area contributed by atoms with E-state index in [1.807, 2.05) is 18.2 Å². The average Bonchev–Trinajstić information content (AvgIpc) is 2.72. The van der Waals surface area contributed by atoms with Gasteiger partial charge in [0, 0.05) is 17.2 Å². The third-order valence-electron chi connectivity index (χ3n) is 4.94. The molecule has 0 atom stereocenters. The number of unbranched alkanes of at least 4 members (excludes halogenated alkanes) is 2. The van der Waals surface area contributed by atoms with Crippen molar-refractivity contribution in [1.82, 2.24) is 0 Å². The van der Waals surface area contributed by atoms with Crippen LogP contribution in [0.2, 0.25) is 0 Å². The fourth-order valence-corrected chi connectivity index (χ4v) is 3.29. The van der Waals surface area contributed by atoms with Crippen LogP contribution in [0.3, 0.4) is 0 Å². The van der Waals surface area contributed by atoms with E-state index in [0.717, 1.165) is 48.3 Å². The summed E-state index contributed by atoms with van der Waals surface area (Å²) in [5.41, 5.74) is 2.33. The Bertz CT molecular complexity index is 873. The summed E-state index contributed by atoms with van der Waals surface area (Å²) in [5.74, 6) is 1.59. The lowest BCUT2D eigenvalue weighted by atomic mass is 9.82. The number of carbonyl (C=O) groups excluding carboxylic acids is 1. The summed E-state index contributed by atoms with van der Waals surface area (Å²) < 4.78 is 12.1. The maximum absolute atomic E-state index is 12.7. The van der Waals surface area contributed by atoms with Gasteiger partial charge in [-0.25, -0.2) is 0 Å². The second-order valence-corrected chi connectivity index (χ2v) is 8.78. The Hall–Kier alpha value is -2.75. The van der Waals surface area contributed by atoms with E-state index in [9.17, 15) is 9.90 Å². The van der Waals surface area contributed by atoms with Crippen molar-refractivity contribution in [3.63, 3.8) is 0 Å². The summed E-state index contributed by atoms with van der Waals surface area (Å²) in [6.45, 7) is 12.0. The van der Waals surface area contributed by atoms with Crippen LogP contribution in [0.1, 0.15) is 81.8 Å². The third-order valence-corrected chi connectivity index (χ3v) is 4.94. The first-order valence-corrected chi connectivity index (χ1v) is 11.2. The van der Waals surface area contributed by atoms with Crippen molar-refractivity contribution in [2.24, 2.45) is 0 Å².